The molecule has 0 spiro atoms. The first kappa shape index (κ1) is 20.5. The van der Waals surface area contributed by atoms with Crippen LogP contribution in [0.2, 0.25) is 5.02 Å². The van der Waals surface area contributed by atoms with E-state index in [1.54, 1.807) is 24.5 Å². The maximum absolute atomic E-state index is 12.1. The molecule has 2 heterocycles. The van der Waals surface area contributed by atoms with Crippen LogP contribution in [-0.4, -0.2) is 45.1 Å². The molecule has 4 rings (SSSR count). The van der Waals surface area contributed by atoms with Gasteiger partial charge in [0, 0.05) is 29.4 Å². The zero-order valence-corrected chi connectivity index (χ0v) is 16.9. The van der Waals surface area contributed by atoms with E-state index in [-0.39, 0.29) is 18.0 Å². The minimum atomic E-state index is -1.15. The molecule has 2 atom stereocenters. The molecule has 1 fully saturated rings. The van der Waals surface area contributed by atoms with E-state index in [0.717, 1.165) is 24.1 Å². The molecule has 5 N–H and O–H groups in total. The molecular formula is C21H23ClN4O4. The highest BCUT2D eigenvalue weighted by molar-refractivity contribution is 6.30. The molecule has 2 aliphatic heterocycles. The predicted molar refractivity (Wildman–Crippen MR) is 114 cm³/mol. The predicted octanol–water partition coefficient (Wildman–Crippen LogP) is 3.04. The molecule has 0 saturated carbocycles. The van der Waals surface area contributed by atoms with Crippen molar-refractivity contribution in [1.82, 2.24) is 10.2 Å². The quantitative estimate of drug-likeness (QED) is 0.463. The van der Waals surface area contributed by atoms with Crippen LogP contribution in [0.4, 0.5) is 5.69 Å². The standard InChI is InChI=1S/C21H23ClN4O4/c22-14-5-6-16-15(10-14)21(25-12-23-16,26-8-2-1-3-17(26)20(29)30)24-11-13-4-7-18(27)19(28)9-13/h4-7,9-10,12,17,24,27-28H,1-3,8,11H2,(H,23,25)(H,29,30). The molecule has 30 heavy (non-hydrogen) atoms. The molecule has 2 aliphatic rings. The van der Waals surface area contributed by atoms with Crippen molar-refractivity contribution in [3.05, 3.63) is 52.5 Å². The number of hydrogen-bond acceptors (Lipinski definition) is 7. The molecule has 0 radical (unpaired) electrons. The van der Waals surface area contributed by atoms with Crippen molar-refractivity contribution in [3.63, 3.8) is 0 Å². The van der Waals surface area contributed by atoms with Gasteiger partial charge in [0.1, 0.15) is 6.04 Å². The highest BCUT2D eigenvalue weighted by atomic mass is 35.5. The van der Waals surface area contributed by atoms with Gasteiger partial charge in [-0.25, -0.2) is 9.89 Å². The van der Waals surface area contributed by atoms with Crippen molar-refractivity contribution in [3.8, 4) is 11.5 Å². The van der Waals surface area contributed by atoms with Gasteiger partial charge in [0.25, 0.3) is 0 Å². The Labute approximate surface area is 178 Å². The van der Waals surface area contributed by atoms with Crippen LogP contribution < -0.4 is 10.6 Å². The molecule has 0 aromatic heterocycles. The van der Waals surface area contributed by atoms with Crippen molar-refractivity contribution >= 4 is 29.6 Å². The lowest BCUT2D eigenvalue weighted by Crippen LogP contribution is -2.62. The monoisotopic (exact) mass is 430 g/mol. The number of rotatable bonds is 5. The average Bonchev–Trinajstić information content (AvgIpc) is 2.74. The van der Waals surface area contributed by atoms with Crippen LogP contribution in [0.15, 0.2) is 41.4 Å². The molecular weight excluding hydrogens is 408 g/mol. The van der Waals surface area contributed by atoms with Gasteiger partial charge in [0.2, 0.25) is 0 Å². The Hall–Kier alpha value is -2.81. The van der Waals surface area contributed by atoms with E-state index in [0.29, 0.717) is 23.6 Å². The smallest absolute Gasteiger partial charge is 0.321 e. The van der Waals surface area contributed by atoms with Crippen LogP contribution in [0.1, 0.15) is 30.4 Å². The number of benzene rings is 2. The van der Waals surface area contributed by atoms with Gasteiger partial charge >= 0.3 is 5.97 Å². The summed E-state index contributed by atoms with van der Waals surface area (Å²) in [6.07, 6.45) is 3.77. The fourth-order valence-corrected chi connectivity index (χ4v) is 4.32. The second-order valence-electron chi connectivity index (χ2n) is 7.48. The summed E-state index contributed by atoms with van der Waals surface area (Å²) >= 11 is 6.29. The molecule has 0 amide bonds. The van der Waals surface area contributed by atoms with Gasteiger partial charge in [-0.3, -0.25) is 10.1 Å². The summed E-state index contributed by atoms with van der Waals surface area (Å²) < 4.78 is 0. The summed E-state index contributed by atoms with van der Waals surface area (Å²) in [5.41, 5.74) is 2.23. The largest absolute Gasteiger partial charge is 0.504 e. The maximum Gasteiger partial charge on any atom is 0.321 e. The van der Waals surface area contributed by atoms with Gasteiger partial charge in [-0.05, 0) is 48.7 Å². The van der Waals surface area contributed by atoms with Gasteiger partial charge in [-0.15, -0.1) is 0 Å². The Morgan fingerprint density at radius 2 is 2.07 bits per heavy atom. The van der Waals surface area contributed by atoms with Crippen LogP contribution in [0.5, 0.6) is 11.5 Å². The SMILES string of the molecule is O=C(O)C1CCCCN1C1(NCc2ccc(O)c(O)c2)N=CNc2ccc(Cl)cc21. The van der Waals surface area contributed by atoms with Gasteiger partial charge in [0.15, 0.2) is 17.3 Å². The topological polar surface area (TPSA) is 117 Å². The van der Waals surface area contributed by atoms with Gasteiger partial charge < -0.3 is 20.6 Å². The summed E-state index contributed by atoms with van der Waals surface area (Å²) in [4.78, 5) is 18.6. The normalized spacial score (nSPS) is 23.6. The van der Waals surface area contributed by atoms with Crippen molar-refractivity contribution in [1.29, 1.82) is 0 Å². The van der Waals surface area contributed by atoms with E-state index >= 15 is 0 Å². The minimum Gasteiger partial charge on any atom is -0.504 e. The summed E-state index contributed by atoms with van der Waals surface area (Å²) in [5.74, 6) is -2.47. The van der Waals surface area contributed by atoms with E-state index in [1.807, 2.05) is 11.0 Å². The third-order valence-corrected chi connectivity index (χ3v) is 5.85. The number of aliphatic carboxylic acids is 1. The first-order valence-electron chi connectivity index (χ1n) is 9.76. The summed E-state index contributed by atoms with van der Waals surface area (Å²) in [6.45, 7) is 0.827. The van der Waals surface area contributed by atoms with Crippen LogP contribution in [0.3, 0.4) is 0 Å². The van der Waals surface area contributed by atoms with Gasteiger partial charge in [-0.2, -0.15) is 0 Å². The second kappa shape index (κ2) is 8.14. The number of anilines is 1. The van der Waals surface area contributed by atoms with Gasteiger partial charge in [-0.1, -0.05) is 24.1 Å². The number of aromatic hydroxyl groups is 2. The number of halogens is 1. The van der Waals surface area contributed by atoms with E-state index in [1.165, 1.54) is 12.1 Å². The highest BCUT2D eigenvalue weighted by Crippen LogP contribution is 2.40. The lowest BCUT2D eigenvalue weighted by Gasteiger charge is -2.48. The zero-order chi connectivity index (χ0) is 21.3. The van der Waals surface area contributed by atoms with Crippen LogP contribution in [-0.2, 0) is 17.1 Å². The lowest BCUT2D eigenvalue weighted by atomic mass is 9.94. The minimum absolute atomic E-state index is 0.201. The van der Waals surface area contributed by atoms with E-state index in [9.17, 15) is 20.1 Å². The van der Waals surface area contributed by atoms with Crippen molar-refractivity contribution in [2.75, 3.05) is 11.9 Å². The third-order valence-electron chi connectivity index (χ3n) is 5.61. The van der Waals surface area contributed by atoms with Crippen molar-refractivity contribution in [2.24, 2.45) is 4.99 Å². The Kier molecular flexibility index (Phi) is 5.55. The summed E-state index contributed by atoms with van der Waals surface area (Å²) in [7, 11) is 0. The van der Waals surface area contributed by atoms with E-state index in [2.05, 4.69) is 10.6 Å². The number of carboxylic acids is 1. The molecule has 2 aromatic carbocycles. The van der Waals surface area contributed by atoms with E-state index < -0.39 is 17.8 Å². The number of phenolic OH excluding ortho intramolecular Hbond substituents is 2. The third kappa shape index (κ3) is 3.69. The molecule has 9 heteroatoms. The van der Waals surface area contributed by atoms with Gasteiger partial charge in [0.05, 0.1) is 6.34 Å². The number of piperidine rings is 1. The average molecular weight is 431 g/mol. The molecule has 158 valence electrons. The van der Waals surface area contributed by atoms with E-state index in [4.69, 9.17) is 16.6 Å². The second-order valence-corrected chi connectivity index (χ2v) is 7.92. The Morgan fingerprint density at radius 3 is 2.83 bits per heavy atom. The highest BCUT2D eigenvalue weighted by Gasteiger charge is 2.47. The first-order valence-corrected chi connectivity index (χ1v) is 10.1. The fourth-order valence-electron chi connectivity index (χ4n) is 4.15. The molecule has 0 aliphatic carbocycles. The zero-order valence-electron chi connectivity index (χ0n) is 16.2. The molecule has 1 saturated heterocycles. The fraction of sp³-hybridized carbons (Fsp3) is 0.333. The number of likely N-dealkylation sites (tertiary alicyclic amines) is 1. The number of phenols is 2. The first-order chi connectivity index (χ1) is 14.4. The number of nitrogens with zero attached hydrogens (tertiary/aromatic N) is 2. The Balaban J connectivity index is 1.78. The number of fused-ring (bicyclic) bond motifs is 1. The van der Waals surface area contributed by atoms with Crippen molar-refractivity contribution in [2.45, 2.75) is 37.6 Å². The summed E-state index contributed by atoms with van der Waals surface area (Å²) in [5, 5.41) is 36.3. The van der Waals surface area contributed by atoms with Crippen molar-refractivity contribution < 1.29 is 20.1 Å². The molecule has 0 bridgehead atoms. The van der Waals surface area contributed by atoms with Crippen LogP contribution in [0, 0.1) is 0 Å². The Bertz CT molecular complexity index is 999. The maximum atomic E-state index is 12.1. The number of nitrogens with one attached hydrogen (secondary N) is 2. The number of carbonyl (C=O) groups is 1. The molecule has 8 nitrogen and oxygen atoms in total. The molecule has 2 unspecified atom stereocenters. The molecule has 2 aromatic rings. The summed E-state index contributed by atoms with van der Waals surface area (Å²) in [6, 6.07) is 9.24. The number of hydrogen-bond donors (Lipinski definition) is 5. The number of carboxylic acid groups (broad SMARTS) is 1. The number of aliphatic imine (C=N–C) groups is 1. The Morgan fingerprint density at radius 1 is 1.23 bits per heavy atom. The van der Waals surface area contributed by atoms with Crippen LogP contribution >= 0.6 is 11.6 Å². The lowest BCUT2D eigenvalue weighted by molar-refractivity contribution is -0.149. The van der Waals surface area contributed by atoms with Crippen LogP contribution in [0.25, 0.3) is 0 Å².